The normalized spacial score (nSPS) is 11.1. The molecule has 138 valence electrons. The summed E-state index contributed by atoms with van der Waals surface area (Å²) in [6.07, 6.45) is 1.41. The van der Waals surface area contributed by atoms with Gasteiger partial charge in [-0.15, -0.1) is 0 Å². The number of rotatable bonds is 6. The van der Waals surface area contributed by atoms with E-state index < -0.39 is 10.7 Å². The van der Waals surface area contributed by atoms with E-state index in [1.54, 1.807) is 30.3 Å². The third-order valence-corrected chi connectivity index (χ3v) is 4.36. The van der Waals surface area contributed by atoms with Crippen molar-refractivity contribution < 1.29 is 13.7 Å². The van der Waals surface area contributed by atoms with E-state index in [9.17, 15) is 14.5 Å². The smallest absolute Gasteiger partial charge is 0.283 e. The van der Waals surface area contributed by atoms with Crippen LogP contribution in [0.5, 0.6) is 0 Å². The largest absolute Gasteiger partial charge is 0.455 e. The van der Waals surface area contributed by atoms with E-state index in [1.165, 1.54) is 12.3 Å². The van der Waals surface area contributed by atoms with Gasteiger partial charge in [0.1, 0.15) is 17.3 Å². The molecule has 0 bridgehead atoms. The molecule has 0 saturated carbocycles. The van der Waals surface area contributed by atoms with E-state index in [1.807, 2.05) is 0 Å². The zero-order chi connectivity index (χ0) is 19.4. The maximum atomic E-state index is 13.2. The number of nitrogens with zero attached hydrogens (tertiary/aromatic N) is 2. The molecule has 0 amide bonds. The van der Waals surface area contributed by atoms with Gasteiger partial charge in [-0.2, -0.15) is 5.10 Å². The molecular formula is C18H12Cl2FN3O3. The maximum Gasteiger partial charge on any atom is 0.283 e. The monoisotopic (exact) mass is 407 g/mol. The Balaban J connectivity index is 1.72. The lowest BCUT2D eigenvalue weighted by Crippen LogP contribution is -2.06. The van der Waals surface area contributed by atoms with Crippen LogP contribution >= 0.6 is 23.2 Å². The fourth-order valence-corrected chi connectivity index (χ4v) is 2.90. The third-order valence-electron chi connectivity index (χ3n) is 3.65. The van der Waals surface area contributed by atoms with E-state index in [4.69, 9.17) is 27.6 Å². The Morgan fingerprint density at radius 1 is 1.19 bits per heavy atom. The molecule has 0 aliphatic rings. The van der Waals surface area contributed by atoms with Crippen LogP contribution in [0.1, 0.15) is 11.3 Å². The SMILES string of the molecule is O=[N+]([O-])c1cc(F)ccc1-c1ccc(/C=N\NCc2c(Cl)cccc2Cl)o1. The fraction of sp³-hybridized carbons (Fsp3) is 0.0556. The van der Waals surface area contributed by atoms with Crippen molar-refractivity contribution in [2.24, 2.45) is 5.10 Å². The molecule has 0 aliphatic heterocycles. The summed E-state index contributed by atoms with van der Waals surface area (Å²) in [5.74, 6) is -0.0973. The minimum absolute atomic E-state index is 0.178. The predicted octanol–water partition coefficient (Wildman–Crippen LogP) is 5.42. The summed E-state index contributed by atoms with van der Waals surface area (Å²) in [4.78, 5) is 10.4. The van der Waals surface area contributed by atoms with Gasteiger partial charge in [0.25, 0.3) is 5.69 Å². The molecule has 1 heterocycles. The van der Waals surface area contributed by atoms with Gasteiger partial charge in [0.15, 0.2) is 0 Å². The molecule has 0 unspecified atom stereocenters. The van der Waals surface area contributed by atoms with Gasteiger partial charge >= 0.3 is 0 Å². The van der Waals surface area contributed by atoms with Crippen LogP contribution in [-0.2, 0) is 6.54 Å². The minimum atomic E-state index is -0.693. The highest BCUT2D eigenvalue weighted by Gasteiger charge is 2.19. The van der Waals surface area contributed by atoms with Crippen molar-refractivity contribution in [3.63, 3.8) is 0 Å². The molecule has 1 N–H and O–H groups in total. The second-order valence-electron chi connectivity index (χ2n) is 5.41. The summed E-state index contributed by atoms with van der Waals surface area (Å²) >= 11 is 12.1. The Labute approximate surface area is 163 Å². The topological polar surface area (TPSA) is 80.7 Å². The Bertz CT molecular complexity index is 1000. The number of hydrogen-bond donors (Lipinski definition) is 1. The molecule has 6 nitrogen and oxygen atoms in total. The number of furan rings is 1. The van der Waals surface area contributed by atoms with Gasteiger partial charge in [0, 0.05) is 15.6 Å². The molecule has 0 aliphatic carbocycles. The van der Waals surface area contributed by atoms with E-state index in [2.05, 4.69) is 10.5 Å². The highest BCUT2D eigenvalue weighted by molar-refractivity contribution is 6.35. The zero-order valence-corrected chi connectivity index (χ0v) is 15.2. The Morgan fingerprint density at radius 3 is 2.63 bits per heavy atom. The first-order valence-corrected chi connectivity index (χ1v) is 8.44. The Morgan fingerprint density at radius 2 is 1.93 bits per heavy atom. The van der Waals surface area contributed by atoms with Crippen molar-refractivity contribution >= 4 is 35.1 Å². The van der Waals surface area contributed by atoms with E-state index in [-0.39, 0.29) is 17.0 Å². The van der Waals surface area contributed by atoms with Gasteiger partial charge in [0.05, 0.1) is 29.3 Å². The quantitative estimate of drug-likeness (QED) is 0.335. The second kappa shape index (κ2) is 8.20. The first-order chi connectivity index (χ1) is 13.0. The Kier molecular flexibility index (Phi) is 5.73. The molecule has 9 heteroatoms. The second-order valence-corrected chi connectivity index (χ2v) is 6.23. The minimum Gasteiger partial charge on any atom is -0.455 e. The van der Waals surface area contributed by atoms with Crippen molar-refractivity contribution in [2.45, 2.75) is 6.54 Å². The summed E-state index contributed by atoms with van der Waals surface area (Å²) < 4.78 is 18.8. The average molecular weight is 408 g/mol. The average Bonchev–Trinajstić information content (AvgIpc) is 3.09. The molecule has 0 spiro atoms. The molecule has 0 saturated heterocycles. The Hall–Kier alpha value is -2.90. The lowest BCUT2D eigenvalue weighted by Gasteiger charge is -2.05. The van der Waals surface area contributed by atoms with Crippen LogP contribution in [0.15, 0.2) is 58.0 Å². The van der Waals surface area contributed by atoms with E-state index in [0.717, 1.165) is 12.1 Å². The summed E-state index contributed by atoms with van der Waals surface area (Å²) in [6, 6.07) is 11.6. The van der Waals surface area contributed by atoms with Crippen molar-refractivity contribution in [1.82, 2.24) is 5.43 Å². The molecular weight excluding hydrogens is 396 g/mol. The zero-order valence-electron chi connectivity index (χ0n) is 13.7. The molecule has 3 rings (SSSR count). The van der Waals surface area contributed by atoms with Crippen LogP contribution in [0.4, 0.5) is 10.1 Å². The van der Waals surface area contributed by atoms with Crippen LogP contribution in [0, 0.1) is 15.9 Å². The number of hydrogen-bond acceptors (Lipinski definition) is 5. The highest BCUT2D eigenvalue weighted by Crippen LogP contribution is 2.31. The molecule has 2 aromatic carbocycles. The number of nitro groups is 1. The molecule has 27 heavy (non-hydrogen) atoms. The first kappa shape index (κ1) is 18.9. The van der Waals surface area contributed by atoms with Crippen LogP contribution < -0.4 is 5.43 Å². The van der Waals surface area contributed by atoms with Gasteiger partial charge in [-0.25, -0.2) is 4.39 Å². The maximum absolute atomic E-state index is 13.2. The summed E-state index contributed by atoms with van der Waals surface area (Å²) in [5, 5.41) is 16.2. The van der Waals surface area contributed by atoms with E-state index >= 15 is 0 Å². The number of hydrazone groups is 1. The van der Waals surface area contributed by atoms with Gasteiger partial charge < -0.3 is 9.84 Å². The first-order valence-electron chi connectivity index (χ1n) is 7.68. The van der Waals surface area contributed by atoms with Gasteiger partial charge in [-0.3, -0.25) is 10.1 Å². The molecule has 0 fully saturated rings. The van der Waals surface area contributed by atoms with Crippen LogP contribution in [-0.4, -0.2) is 11.1 Å². The van der Waals surface area contributed by atoms with Crippen molar-refractivity contribution in [2.75, 3.05) is 0 Å². The molecule has 1 aromatic heterocycles. The van der Waals surface area contributed by atoms with Crippen molar-refractivity contribution in [3.05, 3.63) is 85.8 Å². The van der Waals surface area contributed by atoms with Gasteiger partial charge in [-0.1, -0.05) is 29.3 Å². The fourth-order valence-electron chi connectivity index (χ4n) is 2.37. The van der Waals surface area contributed by atoms with Crippen LogP contribution in [0.2, 0.25) is 10.0 Å². The molecule has 0 atom stereocenters. The number of nitrogens with one attached hydrogen (secondary N) is 1. The number of nitro benzene ring substituents is 1. The summed E-state index contributed by atoms with van der Waals surface area (Å²) in [5.41, 5.74) is 3.31. The van der Waals surface area contributed by atoms with Crippen molar-refractivity contribution in [1.29, 1.82) is 0 Å². The van der Waals surface area contributed by atoms with Crippen molar-refractivity contribution in [3.8, 4) is 11.3 Å². The lowest BCUT2D eigenvalue weighted by atomic mass is 10.1. The molecule has 0 radical (unpaired) electrons. The predicted molar refractivity (Wildman–Crippen MR) is 102 cm³/mol. The van der Waals surface area contributed by atoms with Crippen LogP contribution in [0.25, 0.3) is 11.3 Å². The third kappa shape index (κ3) is 4.45. The van der Waals surface area contributed by atoms with E-state index in [0.29, 0.717) is 27.9 Å². The summed E-state index contributed by atoms with van der Waals surface area (Å²) in [6.45, 7) is 0.312. The summed E-state index contributed by atoms with van der Waals surface area (Å²) in [7, 11) is 0. The lowest BCUT2D eigenvalue weighted by molar-refractivity contribution is -0.384. The number of halogens is 3. The highest BCUT2D eigenvalue weighted by atomic mass is 35.5. The molecule has 3 aromatic rings. The van der Waals surface area contributed by atoms with Gasteiger partial charge in [-0.05, 0) is 36.4 Å². The van der Waals surface area contributed by atoms with Gasteiger partial charge in [0.2, 0.25) is 0 Å². The number of benzene rings is 2. The van der Waals surface area contributed by atoms with Crippen LogP contribution in [0.3, 0.4) is 0 Å². The standard InChI is InChI=1S/C18H12Cl2FN3O3/c19-15-2-1-3-16(20)14(15)10-23-22-9-12-5-7-18(27-12)13-6-4-11(21)8-17(13)24(25)26/h1-9,23H,10H2/b22-9-.